The fourth-order valence-electron chi connectivity index (χ4n) is 2.75. The van der Waals surface area contributed by atoms with Crippen LogP contribution in [0.5, 0.6) is 11.5 Å². The van der Waals surface area contributed by atoms with Crippen molar-refractivity contribution in [3.8, 4) is 11.5 Å². The van der Waals surface area contributed by atoms with Crippen molar-refractivity contribution in [3.05, 3.63) is 23.8 Å². The summed E-state index contributed by atoms with van der Waals surface area (Å²) < 4.78 is 11.0. The maximum Gasteiger partial charge on any atom is 0.191 e. The molecular formula is C21H39IN4O2. The number of hydrogen-bond acceptors (Lipinski definition) is 4. The van der Waals surface area contributed by atoms with Gasteiger partial charge in [0.05, 0.1) is 13.7 Å². The summed E-state index contributed by atoms with van der Waals surface area (Å²) in [6.45, 7) is 9.85. The largest absolute Gasteiger partial charge is 0.493 e. The molecular weight excluding hydrogens is 467 g/mol. The van der Waals surface area contributed by atoms with E-state index >= 15 is 0 Å². The molecule has 0 spiro atoms. The van der Waals surface area contributed by atoms with E-state index < -0.39 is 0 Å². The van der Waals surface area contributed by atoms with Crippen molar-refractivity contribution in [2.45, 2.75) is 46.1 Å². The van der Waals surface area contributed by atoms with Crippen LogP contribution in [0, 0.1) is 0 Å². The number of ether oxygens (including phenoxy) is 2. The van der Waals surface area contributed by atoms with Gasteiger partial charge < -0.3 is 25.0 Å². The summed E-state index contributed by atoms with van der Waals surface area (Å²) in [7, 11) is 5.64. The molecule has 28 heavy (non-hydrogen) atoms. The number of methoxy groups -OCH3 is 1. The second-order valence-corrected chi connectivity index (χ2v) is 6.69. The molecule has 1 aromatic carbocycles. The monoisotopic (exact) mass is 506 g/mol. The standard InChI is InChI=1S/C21H38N4O2.HI/c1-7-17(3)25(5)15-14-24-21(22-4)23-13-9-10-18-11-12-19(26-6)20(16-18)27-8-2;/h11-12,16-17H,7-10,13-15H2,1-6H3,(H2,22,23,24);1H. The van der Waals surface area contributed by atoms with Gasteiger partial charge in [-0.25, -0.2) is 0 Å². The maximum absolute atomic E-state index is 5.65. The Morgan fingerprint density at radius 1 is 1.18 bits per heavy atom. The van der Waals surface area contributed by atoms with Crippen LogP contribution in [0.25, 0.3) is 0 Å². The highest BCUT2D eigenvalue weighted by Gasteiger charge is 2.07. The SMILES string of the molecule is CCOc1cc(CCCNC(=NC)NCCN(C)C(C)CC)ccc1OC.I. The maximum atomic E-state index is 5.65. The van der Waals surface area contributed by atoms with Crippen LogP contribution in [0.4, 0.5) is 0 Å². The fraction of sp³-hybridized carbons (Fsp3) is 0.667. The lowest BCUT2D eigenvalue weighted by molar-refractivity contribution is 0.255. The molecule has 0 radical (unpaired) electrons. The zero-order valence-electron chi connectivity index (χ0n) is 18.4. The van der Waals surface area contributed by atoms with Crippen LogP contribution in [0.2, 0.25) is 0 Å². The first-order chi connectivity index (χ1) is 13.0. The quantitative estimate of drug-likeness (QED) is 0.197. The average Bonchev–Trinajstić information content (AvgIpc) is 2.69. The molecule has 0 aliphatic carbocycles. The highest BCUT2D eigenvalue weighted by Crippen LogP contribution is 2.28. The van der Waals surface area contributed by atoms with Gasteiger partial charge in [-0.15, -0.1) is 24.0 Å². The predicted octanol–water partition coefficient (Wildman–Crippen LogP) is 3.54. The van der Waals surface area contributed by atoms with Gasteiger partial charge in [-0.3, -0.25) is 4.99 Å². The summed E-state index contributed by atoms with van der Waals surface area (Å²) in [5, 5.41) is 6.76. The third kappa shape index (κ3) is 9.82. The van der Waals surface area contributed by atoms with Gasteiger partial charge in [-0.2, -0.15) is 0 Å². The molecule has 6 nitrogen and oxygen atoms in total. The highest BCUT2D eigenvalue weighted by molar-refractivity contribution is 14.0. The van der Waals surface area contributed by atoms with Gasteiger partial charge in [0.1, 0.15) is 0 Å². The third-order valence-electron chi connectivity index (χ3n) is 4.79. The summed E-state index contributed by atoms with van der Waals surface area (Å²) >= 11 is 0. The van der Waals surface area contributed by atoms with Crippen LogP contribution in [-0.2, 0) is 6.42 Å². The summed E-state index contributed by atoms with van der Waals surface area (Å²) in [4.78, 5) is 6.66. The molecule has 0 aliphatic rings. The lowest BCUT2D eigenvalue weighted by Crippen LogP contribution is -2.42. The van der Waals surface area contributed by atoms with Crippen LogP contribution in [0.3, 0.4) is 0 Å². The Morgan fingerprint density at radius 2 is 1.89 bits per heavy atom. The molecule has 7 heteroatoms. The molecule has 0 heterocycles. The molecule has 0 fully saturated rings. The van der Waals surface area contributed by atoms with E-state index in [0.29, 0.717) is 12.6 Å². The first kappa shape index (κ1) is 26.8. The van der Waals surface area contributed by atoms with Crippen molar-refractivity contribution in [1.29, 1.82) is 0 Å². The smallest absolute Gasteiger partial charge is 0.191 e. The minimum atomic E-state index is 0. The average molecular weight is 506 g/mol. The van der Waals surface area contributed by atoms with Gasteiger partial charge >= 0.3 is 0 Å². The normalized spacial score (nSPS) is 12.3. The van der Waals surface area contributed by atoms with E-state index in [0.717, 1.165) is 49.9 Å². The number of nitrogens with one attached hydrogen (secondary N) is 2. The molecule has 2 N–H and O–H groups in total. The van der Waals surface area contributed by atoms with Gasteiger partial charge in [0.25, 0.3) is 0 Å². The highest BCUT2D eigenvalue weighted by atomic mass is 127. The minimum Gasteiger partial charge on any atom is -0.493 e. The second-order valence-electron chi connectivity index (χ2n) is 6.69. The van der Waals surface area contributed by atoms with Gasteiger partial charge in [0.2, 0.25) is 0 Å². The Balaban J connectivity index is 0.00000729. The van der Waals surface area contributed by atoms with Crippen LogP contribution in [0.15, 0.2) is 23.2 Å². The molecule has 1 aromatic rings. The zero-order chi connectivity index (χ0) is 20.1. The van der Waals surface area contributed by atoms with Crippen molar-refractivity contribution in [2.24, 2.45) is 4.99 Å². The van der Waals surface area contributed by atoms with Gasteiger partial charge in [-0.1, -0.05) is 13.0 Å². The van der Waals surface area contributed by atoms with E-state index in [-0.39, 0.29) is 24.0 Å². The summed E-state index contributed by atoms with van der Waals surface area (Å²) in [6, 6.07) is 6.74. The molecule has 0 bridgehead atoms. The van der Waals surface area contributed by atoms with Crippen LogP contribution in [0.1, 0.15) is 39.2 Å². The number of aryl methyl sites for hydroxylation is 1. The van der Waals surface area contributed by atoms with Crippen LogP contribution < -0.4 is 20.1 Å². The van der Waals surface area contributed by atoms with E-state index in [9.17, 15) is 0 Å². The van der Waals surface area contributed by atoms with E-state index in [2.05, 4.69) is 53.6 Å². The topological polar surface area (TPSA) is 58.1 Å². The Hall–Kier alpha value is -1.22. The third-order valence-corrected chi connectivity index (χ3v) is 4.79. The van der Waals surface area contributed by atoms with Crippen molar-refractivity contribution < 1.29 is 9.47 Å². The number of nitrogens with zero attached hydrogens (tertiary/aromatic N) is 2. The Kier molecular flexibility index (Phi) is 15.0. The number of rotatable bonds is 12. The van der Waals surface area contributed by atoms with Crippen molar-refractivity contribution in [2.75, 3.05) is 47.4 Å². The van der Waals surface area contributed by atoms with E-state index in [1.807, 2.05) is 20.0 Å². The number of halogens is 1. The van der Waals surface area contributed by atoms with Crippen molar-refractivity contribution >= 4 is 29.9 Å². The number of likely N-dealkylation sites (N-methyl/N-ethyl adjacent to an activating group) is 1. The van der Waals surface area contributed by atoms with Gasteiger partial charge in [0, 0.05) is 32.7 Å². The summed E-state index contributed by atoms with van der Waals surface area (Å²) in [5.41, 5.74) is 1.25. The number of aliphatic imine (C=N–C) groups is 1. The van der Waals surface area contributed by atoms with E-state index in [1.165, 1.54) is 12.0 Å². The second kappa shape index (κ2) is 15.7. The van der Waals surface area contributed by atoms with Crippen LogP contribution >= 0.6 is 24.0 Å². The zero-order valence-corrected chi connectivity index (χ0v) is 20.7. The van der Waals surface area contributed by atoms with Crippen molar-refractivity contribution in [3.63, 3.8) is 0 Å². The first-order valence-corrected chi connectivity index (χ1v) is 10.00. The summed E-state index contributed by atoms with van der Waals surface area (Å²) in [5.74, 6) is 2.45. The van der Waals surface area contributed by atoms with Gasteiger partial charge in [0.15, 0.2) is 17.5 Å². The molecule has 0 amide bonds. The Morgan fingerprint density at radius 3 is 2.50 bits per heavy atom. The fourth-order valence-corrected chi connectivity index (χ4v) is 2.75. The molecule has 0 aliphatic heterocycles. The molecule has 162 valence electrons. The Bertz CT molecular complexity index is 569. The lowest BCUT2D eigenvalue weighted by Gasteiger charge is -2.24. The minimum absolute atomic E-state index is 0. The molecule has 1 atom stereocenters. The van der Waals surface area contributed by atoms with Crippen molar-refractivity contribution in [1.82, 2.24) is 15.5 Å². The predicted molar refractivity (Wildman–Crippen MR) is 130 cm³/mol. The molecule has 0 saturated carbocycles. The van der Waals surface area contributed by atoms with Crippen LogP contribution in [-0.4, -0.2) is 64.3 Å². The summed E-state index contributed by atoms with van der Waals surface area (Å²) in [6.07, 6.45) is 3.16. The number of hydrogen-bond donors (Lipinski definition) is 2. The van der Waals surface area contributed by atoms with Gasteiger partial charge in [-0.05, 0) is 57.9 Å². The van der Waals surface area contributed by atoms with E-state index in [1.54, 1.807) is 7.11 Å². The number of benzene rings is 1. The Labute approximate surface area is 188 Å². The number of guanidine groups is 1. The lowest BCUT2D eigenvalue weighted by atomic mass is 10.1. The molecule has 1 unspecified atom stereocenters. The van der Waals surface area contributed by atoms with E-state index in [4.69, 9.17) is 9.47 Å². The first-order valence-electron chi connectivity index (χ1n) is 10.00. The molecule has 0 aromatic heterocycles. The molecule has 0 saturated heterocycles. The molecule has 1 rings (SSSR count).